The van der Waals surface area contributed by atoms with Crippen LogP contribution in [0.2, 0.25) is 0 Å². The molecule has 0 fully saturated rings. The molecule has 0 aromatic carbocycles. The SMILES string of the molecule is C=CC(=O)OS.CC#N. The molecule has 9 heavy (non-hydrogen) atoms. The first kappa shape index (κ1) is 10.9. The summed E-state index contributed by atoms with van der Waals surface area (Å²) < 4.78 is 3.84. The van der Waals surface area contributed by atoms with Gasteiger partial charge in [0.1, 0.15) is 0 Å². The fourth-order valence-corrected chi connectivity index (χ4v) is 0.112. The molecule has 0 bridgehead atoms. The molecular weight excluding hydrogens is 138 g/mol. The Hall–Kier alpha value is -0.950. The third-order valence-electron chi connectivity index (χ3n) is 0.257. The second kappa shape index (κ2) is 10.1. The summed E-state index contributed by atoms with van der Waals surface area (Å²) in [5.74, 6) is -0.529. The van der Waals surface area contributed by atoms with Crippen molar-refractivity contribution in [2.24, 2.45) is 0 Å². The summed E-state index contributed by atoms with van der Waals surface area (Å²) in [5.41, 5.74) is 0. The van der Waals surface area contributed by atoms with Crippen LogP contribution in [0, 0.1) is 11.3 Å². The van der Waals surface area contributed by atoms with Crippen LogP contribution in [0.15, 0.2) is 12.7 Å². The third-order valence-corrected chi connectivity index (χ3v) is 0.437. The Morgan fingerprint density at radius 2 is 2.33 bits per heavy atom. The van der Waals surface area contributed by atoms with Gasteiger partial charge in [0.15, 0.2) is 0 Å². The largest absolute Gasteiger partial charge is 0.391 e. The molecule has 0 rings (SSSR count). The van der Waals surface area contributed by atoms with Gasteiger partial charge in [0.05, 0.1) is 6.07 Å². The second-order valence-corrected chi connectivity index (χ2v) is 1.02. The van der Waals surface area contributed by atoms with Crippen molar-refractivity contribution in [1.82, 2.24) is 0 Å². The maximum absolute atomic E-state index is 9.76. The van der Waals surface area contributed by atoms with Gasteiger partial charge in [0, 0.05) is 25.9 Å². The normalized spacial score (nSPS) is 5.44. The average molecular weight is 145 g/mol. The molecule has 0 saturated heterocycles. The highest BCUT2D eigenvalue weighted by molar-refractivity contribution is 7.75. The number of nitriles is 1. The minimum atomic E-state index is -0.529. The standard InChI is InChI=1S/C3H4O2S.C2H3N/c1-2-3(4)5-6;1-2-3/h2,6H,1H2;1H3. The van der Waals surface area contributed by atoms with Crippen molar-refractivity contribution in [2.45, 2.75) is 6.92 Å². The van der Waals surface area contributed by atoms with Crippen LogP contribution >= 0.6 is 12.9 Å². The van der Waals surface area contributed by atoms with Gasteiger partial charge in [-0.2, -0.15) is 5.26 Å². The van der Waals surface area contributed by atoms with Crippen LogP contribution in [-0.2, 0) is 8.98 Å². The minimum Gasteiger partial charge on any atom is -0.391 e. The quantitative estimate of drug-likeness (QED) is 0.341. The van der Waals surface area contributed by atoms with Crippen LogP contribution in [0.4, 0.5) is 0 Å². The first-order valence-corrected chi connectivity index (χ1v) is 2.38. The molecule has 0 aliphatic rings. The topological polar surface area (TPSA) is 50.1 Å². The van der Waals surface area contributed by atoms with Crippen molar-refractivity contribution in [3.05, 3.63) is 12.7 Å². The van der Waals surface area contributed by atoms with Crippen LogP contribution in [0.25, 0.3) is 0 Å². The van der Waals surface area contributed by atoms with Gasteiger partial charge in [-0.05, 0) is 0 Å². The molecule has 3 nitrogen and oxygen atoms in total. The molecule has 0 heterocycles. The van der Waals surface area contributed by atoms with E-state index in [9.17, 15) is 4.79 Å². The zero-order valence-electron chi connectivity index (χ0n) is 5.00. The maximum atomic E-state index is 9.76. The van der Waals surface area contributed by atoms with Gasteiger partial charge in [-0.15, -0.1) is 0 Å². The highest BCUT2D eigenvalue weighted by Crippen LogP contribution is 1.78. The molecule has 0 spiro atoms. The zero-order chi connectivity index (χ0) is 7.70. The summed E-state index contributed by atoms with van der Waals surface area (Å²) in [6, 6.07) is 1.75. The van der Waals surface area contributed by atoms with E-state index in [2.05, 4.69) is 23.7 Å². The number of thiol groups is 1. The molecule has 4 heteroatoms. The lowest BCUT2D eigenvalue weighted by Gasteiger charge is -1.80. The predicted molar refractivity (Wildman–Crippen MR) is 36.6 cm³/mol. The molecule has 0 radical (unpaired) electrons. The monoisotopic (exact) mass is 145 g/mol. The number of hydrogen-bond donors (Lipinski definition) is 1. The lowest BCUT2D eigenvalue weighted by Crippen LogP contribution is -1.86. The van der Waals surface area contributed by atoms with E-state index in [4.69, 9.17) is 5.26 Å². The highest BCUT2D eigenvalue weighted by Gasteiger charge is 1.83. The van der Waals surface area contributed by atoms with E-state index >= 15 is 0 Å². The summed E-state index contributed by atoms with van der Waals surface area (Å²) >= 11 is 3.17. The van der Waals surface area contributed by atoms with E-state index in [1.54, 1.807) is 6.07 Å². The van der Waals surface area contributed by atoms with Crippen LogP contribution in [0.3, 0.4) is 0 Å². The predicted octanol–water partition coefficient (Wildman–Crippen LogP) is 1.09. The number of rotatable bonds is 1. The Morgan fingerprint density at radius 1 is 2.00 bits per heavy atom. The molecule has 0 aromatic rings. The van der Waals surface area contributed by atoms with Gasteiger partial charge in [-0.1, -0.05) is 6.58 Å². The molecule has 0 atom stereocenters. The number of nitrogens with zero attached hydrogens (tertiary/aromatic N) is 1. The van der Waals surface area contributed by atoms with Crippen LogP contribution < -0.4 is 0 Å². The number of carbonyl (C=O) groups excluding carboxylic acids is 1. The van der Waals surface area contributed by atoms with E-state index in [1.807, 2.05) is 0 Å². The van der Waals surface area contributed by atoms with Crippen LogP contribution in [-0.4, -0.2) is 5.97 Å². The summed E-state index contributed by atoms with van der Waals surface area (Å²) in [6.07, 6.45) is 1.03. The van der Waals surface area contributed by atoms with Gasteiger partial charge in [-0.25, -0.2) is 4.79 Å². The molecule has 0 unspecified atom stereocenters. The van der Waals surface area contributed by atoms with Crippen LogP contribution in [0.1, 0.15) is 6.92 Å². The van der Waals surface area contributed by atoms with Gasteiger partial charge >= 0.3 is 5.97 Å². The van der Waals surface area contributed by atoms with Crippen molar-refractivity contribution in [2.75, 3.05) is 0 Å². The Morgan fingerprint density at radius 3 is 2.33 bits per heavy atom. The molecule has 0 aromatic heterocycles. The van der Waals surface area contributed by atoms with E-state index in [1.165, 1.54) is 6.92 Å². The average Bonchev–Trinajstić information content (AvgIpc) is 1.88. The summed E-state index contributed by atoms with van der Waals surface area (Å²) in [7, 11) is 0. The lowest BCUT2D eigenvalue weighted by molar-refractivity contribution is -0.127. The fraction of sp³-hybridized carbons (Fsp3) is 0.200. The minimum absolute atomic E-state index is 0.529. The number of hydrogen-bond acceptors (Lipinski definition) is 4. The van der Waals surface area contributed by atoms with Gasteiger partial charge < -0.3 is 4.18 Å². The van der Waals surface area contributed by atoms with Crippen LogP contribution in [0.5, 0.6) is 0 Å². The zero-order valence-corrected chi connectivity index (χ0v) is 5.89. The molecule has 0 aliphatic carbocycles. The Bertz CT molecular complexity index is 127. The first-order valence-electron chi connectivity index (χ1n) is 2.01. The van der Waals surface area contributed by atoms with E-state index < -0.39 is 5.97 Å². The summed E-state index contributed by atoms with van der Waals surface area (Å²) in [6.45, 7) is 4.54. The second-order valence-electron chi connectivity index (χ2n) is 0.838. The van der Waals surface area contributed by atoms with Crippen molar-refractivity contribution >= 4 is 18.9 Å². The van der Waals surface area contributed by atoms with Gasteiger partial charge in [0.2, 0.25) is 0 Å². The third kappa shape index (κ3) is 19.3. The Kier molecular flexibility index (Phi) is 12.3. The number of carbonyl (C=O) groups is 1. The van der Waals surface area contributed by atoms with E-state index in [0.29, 0.717) is 0 Å². The summed E-state index contributed by atoms with van der Waals surface area (Å²) in [4.78, 5) is 9.76. The Balaban J connectivity index is 0. The highest BCUT2D eigenvalue weighted by atomic mass is 32.1. The van der Waals surface area contributed by atoms with E-state index in [0.717, 1.165) is 6.08 Å². The van der Waals surface area contributed by atoms with Crippen molar-refractivity contribution in [1.29, 1.82) is 5.26 Å². The van der Waals surface area contributed by atoms with E-state index in [-0.39, 0.29) is 0 Å². The fourth-order valence-electron chi connectivity index (χ4n) is 0.0373. The first-order chi connectivity index (χ1) is 4.22. The molecule has 0 N–H and O–H groups in total. The molecule has 50 valence electrons. The Labute approximate surface area is 59.5 Å². The van der Waals surface area contributed by atoms with Gasteiger partial charge in [-0.3, -0.25) is 0 Å². The molecule has 0 aliphatic heterocycles. The maximum Gasteiger partial charge on any atom is 0.341 e. The van der Waals surface area contributed by atoms with Crippen molar-refractivity contribution in [3.63, 3.8) is 0 Å². The molecule has 0 saturated carbocycles. The van der Waals surface area contributed by atoms with Crippen molar-refractivity contribution in [3.8, 4) is 6.07 Å². The molecular formula is C5H7NO2S. The smallest absolute Gasteiger partial charge is 0.341 e. The van der Waals surface area contributed by atoms with Gasteiger partial charge in [0.25, 0.3) is 0 Å². The summed E-state index contributed by atoms with van der Waals surface area (Å²) in [5, 5.41) is 7.32. The van der Waals surface area contributed by atoms with Crippen molar-refractivity contribution < 1.29 is 8.98 Å². The lowest BCUT2D eigenvalue weighted by atomic mass is 10.7. The molecule has 0 amide bonds.